The van der Waals surface area contributed by atoms with Crippen LogP contribution in [0.2, 0.25) is 0 Å². The molecule has 0 spiro atoms. The molecule has 0 aromatic heterocycles. The molecule has 0 bridgehead atoms. The van der Waals surface area contributed by atoms with Gasteiger partial charge in [-0.1, -0.05) is 36.9 Å². The van der Waals surface area contributed by atoms with Crippen LogP contribution >= 0.6 is 7.60 Å². The summed E-state index contributed by atoms with van der Waals surface area (Å²) in [5, 5.41) is 0.125. The van der Waals surface area contributed by atoms with Gasteiger partial charge in [0.15, 0.2) is 0 Å². The minimum absolute atomic E-state index is 0.125. The van der Waals surface area contributed by atoms with Crippen molar-refractivity contribution in [2.24, 2.45) is 0 Å². The number of carbonyl (C=O) groups excluding carboxylic acids is 1. The molecule has 0 N–H and O–H groups in total. The third kappa shape index (κ3) is 3.01. The molecule has 1 atom stereocenters. The molecule has 0 radical (unpaired) electrons. The highest BCUT2D eigenvalue weighted by Crippen LogP contribution is 2.62. The van der Waals surface area contributed by atoms with E-state index < -0.39 is 19.5 Å². The summed E-state index contributed by atoms with van der Waals surface area (Å²) in [5.74, 6) is -1.35. The first-order valence-corrected chi connectivity index (χ1v) is 7.93. The summed E-state index contributed by atoms with van der Waals surface area (Å²) in [6.07, 6.45) is 0. The van der Waals surface area contributed by atoms with Crippen LogP contribution in [-0.2, 0) is 23.1 Å². The smallest absolute Gasteiger partial charge is 0.358 e. The molecule has 1 fully saturated rings. The number of benzene rings is 1. The highest BCUT2D eigenvalue weighted by molar-refractivity contribution is 7.58. The van der Waals surface area contributed by atoms with Gasteiger partial charge in [0.1, 0.15) is 5.92 Å². The van der Waals surface area contributed by atoms with Crippen molar-refractivity contribution in [3.8, 4) is 0 Å². The van der Waals surface area contributed by atoms with E-state index in [1.165, 1.54) is 0 Å². The fourth-order valence-corrected chi connectivity index (χ4v) is 3.62. The predicted octanol–water partition coefficient (Wildman–Crippen LogP) is 3.09. The summed E-state index contributed by atoms with van der Waals surface area (Å²) in [6, 6.07) is 8.94. The fraction of sp³-hybridized carbons (Fsp3) is 0.357. The molecule has 0 amide bonds. The first kappa shape index (κ1) is 15.0. The number of hydrogen-bond acceptors (Lipinski definition) is 5. The molecule has 1 aliphatic heterocycles. The minimum Gasteiger partial charge on any atom is -0.465 e. The summed E-state index contributed by atoms with van der Waals surface area (Å²) in [6.45, 7) is 6.20. The van der Waals surface area contributed by atoms with E-state index in [1.807, 2.05) is 6.07 Å². The molecule has 1 aromatic carbocycles. The van der Waals surface area contributed by atoms with Gasteiger partial charge in [0.05, 0.1) is 25.1 Å². The molecule has 6 heteroatoms. The zero-order valence-corrected chi connectivity index (χ0v) is 12.2. The van der Waals surface area contributed by atoms with E-state index in [-0.39, 0.29) is 25.1 Å². The fourth-order valence-electron chi connectivity index (χ4n) is 2.01. The van der Waals surface area contributed by atoms with Gasteiger partial charge in [-0.2, -0.15) is 0 Å². The largest absolute Gasteiger partial charge is 0.465 e. The van der Waals surface area contributed by atoms with Gasteiger partial charge in [-0.05, 0) is 12.5 Å². The molecule has 0 saturated carbocycles. The van der Waals surface area contributed by atoms with Crippen LogP contribution in [0.25, 0.3) is 0 Å². The van der Waals surface area contributed by atoms with Crippen LogP contribution in [0.15, 0.2) is 42.2 Å². The Morgan fingerprint density at radius 2 is 1.95 bits per heavy atom. The molecule has 0 aliphatic carbocycles. The van der Waals surface area contributed by atoms with Crippen molar-refractivity contribution in [1.29, 1.82) is 0 Å². The second-order valence-electron chi connectivity index (χ2n) is 4.25. The monoisotopic (exact) mass is 296 g/mol. The average molecular weight is 296 g/mol. The highest BCUT2D eigenvalue weighted by atomic mass is 31.2. The molecule has 1 unspecified atom stereocenters. The lowest BCUT2D eigenvalue weighted by Gasteiger charge is -2.21. The second-order valence-corrected chi connectivity index (χ2v) is 6.34. The first-order valence-electron chi connectivity index (χ1n) is 6.38. The number of esters is 1. The normalized spacial score (nSPS) is 18.4. The topological polar surface area (TPSA) is 61.8 Å². The van der Waals surface area contributed by atoms with Crippen LogP contribution in [-0.4, -0.2) is 25.8 Å². The van der Waals surface area contributed by atoms with Crippen molar-refractivity contribution in [3.05, 3.63) is 47.8 Å². The van der Waals surface area contributed by atoms with E-state index >= 15 is 0 Å². The summed E-state index contributed by atoms with van der Waals surface area (Å²) in [4.78, 5) is 12.2. The number of rotatable bonds is 5. The van der Waals surface area contributed by atoms with Gasteiger partial charge >= 0.3 is 13.6 Å². The van der Waals surface area contributed by atoms with Gasteiger partial charge in [-0.25, -0.2) is 0 Å². The van der Waals surface area contributed by atoms with Gasteiger partial charge < -0.3 is 13.8 Å². The summed E-state index contributed by atoms with van der Waals surface area (Å²) >= 11 is 0. The Hall–Kier alpha value is -1.42. The van der Waals surface area contributed by atoms with E-state index in [0.717, 1.165) is 0 Å². The SMILES string of the molecule is C=C(C(C(=O)OCC)c1ccccc1)P1(=O)OCCO1. The maximum atomic E-state index is 12.5. The Morgan fingerprint density at radius 3 is 2.50 bits per heavy atom. The van der Waals surface area contributed by atoms with Gasteiger partial charge in [0, 0.05) is 0 Å². The third-order valence-electron chi connectivity index (χ3n) is 2.95. The van der Waals surface area contributed by atoms with Gasteiger partial charge in [-0.3, -0.25) is 9.36 Å². The molecule has 1 aliphatic rings. The standard InChI is InChI=1S/C14H17O5P/c1-3-17-14(15)13(12-7-5-4-6-8-12)11(2)20(16)18-9-10-19-20/h4-8,13H,2-3,9-10H2,1H3. The maximum Gasteiger partial charge on any atom is 0.358 e. The van der Waals surface area contributed by atoms with E-state index in [0.29, 0.717) is 5.56 Å². The Morgan fingerprint density at radius 1 is 1.35 bits per heavy atom. The average Bonchev–Trinajstić information content (AvgIpc) is 2.89. The van der Waals surface area contributed by atoms with E-state index in [1.54, 1.807) is 31.2 Å². The predicted molar refractivity (Wildman–Crippen MR) is 74.5 cm³/mol. The Bertz CT molecular complexity index is 530. The van der Waals surface area contributed by atoms with Crippen LogP contribution in [0, 0.1) is 0 Å². The molecule has 20 heavy (non-hydrogen) atoms. The minimum atomic E-state index is -3.46. The quantitative estimate of drug-likeness (QED) is 0.617. The van der Waals surface area contributed by atoms with Crippen LogP contribution < -0.4 is 0 Å². The number of ether oxygens (including phenoxy) is 1. The second kappa shape index (κ2) is 6.35. The van der Waals surface area contributed by atoms with E-state index in [2.05, 4.69) is 6.58 Å². The molecule has 1 heterocycles. The molecule has 108 valence electrons. The van der Waals surface area contributed by atoms with E-state index in [9.17, 15) is 9.36 Å². The molecule has 2 rings (SSSR count). The van der Waals surface area contributed by atoms with Crippen LogP contribution in [0.4, 0.5) is 0 Å². The zero-order valence-electron chi connectivity index (χ0n) is 11.3. The van der Waals surface area contributed by atoms with Crippen molar-refractivity contribution in [3.63, 3.8) is 0 Å². The third-order valence-corrected chi connectivity index (χ3v) is 4.95. The molecular weight excluding hydrogens is 279 g/mol. The van der Waals surface area contributed by atoms with Gasteiger partial charge in [-0.15, -0.1) is 0 Å². The summed E-state index contributed by atoms with van der Waals surface area (Å²) in [5.41, 5.74) is 0.658. The van der Waals surface area contributed by atoms with Crippen LogP contribution in [0.3, 0.4) is 0 Å². The van der Waals surface area contributed by atoms with Crippen LogP contribution in [0.1, 0.15) is 18.4 Å². The number of carbonyl (C=O) groups is 1. The molecule has 1 aromatic rings. The van der Waals surface area contributed by atoms with Crippen LogP contribution in [0.5, 0.6) is 0 Å². The Labute approximate surface area is 118 Å². The van der Waals surface area contributed by atoms with Crippen molar-refractivity contribution < 1.29 is 23.1 Å². The first-order chi connectivity index (χ1) is 9.58. The lowest BCUT2D eigenvalue weighted by molar-refractivity contribution is -0.143. The molecular formula is C14H17O5P. The summed E-state index contributed by atoms with van der Waals surface area (Å²) in [7, 11) is -3.46. The Balaban J connectivity index is 2.34. The van der Waals surface area contributed by atoms with Crippen molar-refractivity contribution in [2.75, 3.05) is 19.8 Å². The van der Waals surface area contributed by atoms with Crippen molar-refractivity contribution >= 4 is 13.6 Å². The van der Waals surface area contributed by atoms with E-state index in [4.69, 9.17) is 13.8 Å². The van der Waals surface area contributed by atoms with Gasteiger partial charge in [0.2, 0.25) is 0 Å². The molecule has 5 nitrogen and oxygen atoms in total. The van der Waals surface area contributed by atoms with Crippen molar-refractivity contribution in [2.45, 2.75) is 12.8 Å². The zero-order chi connectivity index (χ0) is 14.6. The molecule has 1 saturated heterocycles. The lowest BCUT2D eigenvalue weighted by Crippen LogP contribution is -2.18. The lowest BCUT2D eigenvalue weighted by atomic mass is 9.99. The Kier molecular flexibility index (Phi) is 4.76. The maximum absolute atomic E-state index is 12.5. The summed E-state index contributed by atoms with van der Waals surface area (Å²) < 4.78 is 27.9. The van der Waals surface area contributed by atoms with Crippen molar-refractivity contribution in [1.82, 2.24) is 0 Å². The van der Waals surface area contributed by atoms with Gasteiger partial charge in [0.25, 0.3) is 0 Å². The highest BCUT2D eigenvalue weighted by Gasteiger charge is 2.41. The number of hydrogen-bond donors (Lipinski definition) is 0.